The summed E-state index contributed by atoms with van der Waals surface area (Å²) in [5.74, 6) is -0.516. The molecule has 2 heterocycles. The van der Waals surface area contributed by atoms with Gasteiger partial charge in [0.1, 0.15) is 0 Å². The number of anilines is 1. The summed E-state index contributed by atoms with van der Waals surface area (Å²) in [5.41, 5.74) is 3.58. The molecule has 2 aliphatic rings. The number of nitrogens with zero attached hydrogens (tertiary/aromatic N) is 2. The van der Waals surface area contributed by atoms with Gasteiger partial charge in [0.15, 0.2) is 5.17 Å². The Morgan fingerprint density at radius 2 is 1.88 bits per heavy atom. The van der Waals surface area contributed by atoms with E-state index in [0.717, 1.165) is 28.6 Å². The molecular weight excluding hydrogens is 370 g/mol. The molecule has 0 atom stereocenters. The molecule has 0 aliphatic carbocycles. The van der Waals surface area contributed by atoms with Gasteiger partial charge in [-0.05, 0) is 36.4 Å². The molecule has 2 aliphatic heterocycles. The van der Waals surface area contributed by atoms with E-state index < -0.39 is 0 Å². The normalized spacial score (nSPS) is 20.7. The molecule has 26 heavy (non-hydrogen) atoms. The van der Waals surface area contributed by atoms with Gasteiger partial charge in [0.2, 0.25) is 0 Å². The molecule has 0 saturated carbocycles. The van der Waals surface area contributed by atoms with Crippen molar-refractivity contribution < 1.29 is 9.59 Å². The molecule has 7 heteroatoms. The fourth-order valence-corrected chi connectivity index (χ4v) is 4.20. The maximum Gasteiger partial charge on any atom is 0.264 e. The van der Waals surface area contributed by atoms with E-state index in [4.69, 9.17) is 11.6 Å². The Morgan fingerprint density at radius 3 is 2.65 bits per heavy atom. The number of halogens is 1. The molecule has 1 fully saturated rings. The second-order valence-corrected chi connectivity index (χ2v) is 7.37. The van der Waals surface area contributed by atoms with E-state index in [1.165, 1.54) is 0 Å². The van der Waals surface area contributed by atoms with Crippen LogP contribution in [0.5, 0.6) is 0 Å². The average Bonchev–Trinajstić information content (AvgIpc) is 3.08. The Morgan fingerprint density at radius 1 is 1.12 bits per heavy atom. The zero-order valence-electron chi connectivity index (χ0n) is 14.0. The summed E-state index contributed by atoms with van der Waals surface area (Å²) >= 11 is 7.28. The van der Waals surface area contributed by atoms with Crippen LogP contribution in [0.25, 0.3) is 5.57 Å². The lowest BCUT2D eigenvalue weighted by atomic mass is 10.0. The molecule has 2 amide bonds. The van der Waals surface area contributed by atoms with E-state index in [9.17, 15) is 9.59 Å². The van der Waals surface area contributed by atoms with Crippen molar-refractivity contribution >= 4 is 57.3 Å². The number of rotatable bonds is 1. The van der Waals surface area contributed by atoms with Crippen molar-refractivity contribution in [3.8, 4) is 0 Å². The first-order chi connectivity index (χ1) is 12.5. The van der Waals surface area contributed by atoms with Crippen molar-refractivity contribution in [3.63, 3.8) is 0 Å². The van der Waals surface area contributed by atoms with E-state index in [2.05, 4.69) is 10.3 Å². The van der Waals surface area contributed by atoms with Gasteiger partial charge in [-0.15, -0.1) is 0 Å². The van der Waals surface area contributed by atoms with Gasteiger partial charge in [-0.25, -0.2) is 4.99 Å². The number of aliphatic imine (C=N–C) groups is 1. The SMILES string of the molecule is Cc1cccc2c1N(C)C(=O)/C2=C1\SC(=Nc2ccccc2Cl)NC1=O. The highest BCUT2D eigenvalue weighted by atomic mass is 35.5. The first kappa shape index (κ1) is 16.9. The van der Waals surface area contributed by atoms with Gasteiger partial charge >= 0.3 is 0 Å². The molecule has 2 aromatic carbocycles. The van der Waals surface area contributed by atoms with Crippen LogP contribution >= 0.6 is 23.4 Å². The largest absolute Gasteiger partial charge is 0.310 e. The maximum atomic E-state index is 12.8. The van der Waals surface area contributed by atoms with Gasteiger partial charge in [-0.1, -0.05) is 41.9 Å². The van der Waals surface area contributed by atoms with Crippen molar-refractivity contribution in [2.45, 2.75) is 6.92 Å². The number of benzene rings is 2. The molecular formula is C19H14ClN3O2S. The van der Waals surface area contributed by atoms with Crippen molar-refractivity contribution in [2.75, 3.05) is 11.9 Å². The molecule has 0 bridgehead atoms. The molecule has 0 unspecified atom stereocenters. The highest BCUT2D eigenvalue weighted by Crippen LogP contribution is 2.43. The topological polar surface area (TPSA) is 61.8 Å². The number of hydrogen-bond donors (Lipinski definition) is 1. The quantitative estimate of drug-likeness (QED) is 0.760. The minimum absolute atomic E-state index is 0.189. The molecule has 4 rings (SSSR count). The van der Waals surface area contributed by atoms with Gasteiger partial charge in [-0.3, -0.25) is 9.59 Å². The van der Waals surface area contributed by atoms with Gasteiger partial charge in [0, 0.05) is 12.6 Å². The third-order valence-corrected chi connectivity index (χ3v) is 5.59. The monoisotopic (exact) mass is 383 g/mol. The summed E-state index contributed by atoms with van der Waals surface area (Å²) in [7, 11) is 1.72. The lowest BCUT2D eigenvalue weighted by molar-refractivity contribution is -0.116. The number of thioether (sulfide) groups is 1. The van der Waals surface area contributed by atoms with E-state index in [-0.39, 0.29) is 11.8 Å². The van der Waals surface area contributed by atoms with Crippen LogP contribution in [0.15, 0.2) is 52.4 Å². The maximum absolute atomic E-state index is 12.8. The third kappa shape index (κ3) is 2.62. The molecule has 0 spiro atoms. The lowest BCUT2D eigenvalue weighted by Crippen LogP contribution is -2.23. The Hall–Kier alpha value is -2.57. The van der Waals surface area contributed by atoms with E-state index in [1.807, 2.05) is 37.3 Å². The molecule has 0 radical (unpaired) electrons. The number of fused-ring (bicyclic) bond motifs is 1. The number of amides is 2. The molecule has 1 saturated heterocycles. The number of amidine groups is 1. The Kier molecular flexibility index (Phi) is 4.09. The summed E-state index contributed by atoms with van der Waals surface area (Å²) in [6.45, 7) is 1.95. The van der Waals surface area contributed by atoms with Crippen molar-refractivity contribution in [1.29, 1.82) is 0 Å². The number of nitrogens with one attached hydrogen (secondary N) is 1. The predicted octanol–water partition coefficient (Wildman–Crippen LogP) is 3.89. The highest BCUT2D eigenvalue weighted by molar-refractivity contribution is 8.18. The number of hydrogen-bond acceptors (Lipinski definition) is 4. The number of likely N-dealkylation sites (N-methyl/N-ethyl adjacent to an activating group) is 1. The Bertz CT molecular complexity index is 1030. The summed E-state index contributed by atoms with van der Waals surface area (Å²) in [4.78, 5) is 31.6. The molecule has 1 N–H and O–H groups in total. The van der Waals surface area contributed by atoms with Crippen molar-refractivity contribution in [2.24, 2.45) is 4.99 Å². The van der Waals surface area contributed by atoms with Crippen LogP contribution in [0.2, 0.25) is 5.02 Å². The van der Waals surface area contributed by atoms with Crippen LogP contribution in [-0.2, 0) is 9.59 Å². The van der Waals surface area contributed by atoms with Crippen LogP contribution in [0, 0.1) is 6.92 Å². The number of carbonyl (C=O) groups is 2. The fraction of sp³-hybridized carbons (Fsp3) is 0.105. The average molecular weight is 384 g/mol. The smallest absolute Gasteiger partial charge is 0.264 e. The standard InChI is InChI=1S/C19H14ClN3O2S/c1-10-6-5-7-11-14(18(25)23(2)15(10)11)16-17(24)22-19(26-16)21-13-9-4-3-8-12(13)20/h3-9H,1-2H3,(H,21,22,24)/b16-14-. The van der Waals surface area contributed by atoms with Crippen LogP contribution in [0.1, 0.15) is 11.1 Å². The number of aryl methyl sites for hydroxylation is 1. The summed E-state index contributed by atoms with van der Waals surface area (Å²) in [5, 5.41) is 3.62. The Balaban J connectivity index is 1.80. The van der Waals surface area contributed by atoms with E-state index in [1.54, 1.807) is 24.1 Å². The number of para-hydroxylation sites is 2. The fourth-order valence-electron chi connectivity index (χ4n) is 3.10. The highest BCUT2D eigenvalue weighted by Gasteiger charge is 2.38. The van der Waals surface area contributed by atoms with Gasteiger partial charge in [0.05, 0.1) is 26.9 Å². The van der Waals surface area contributed by atoms with Crippen molar-refractivity contribution in [3.05, 3.63) is 63.5 Å². The lowest BCUT2D eigenvalue weighted by Gasteiger charge is -2.11. The van der Waals surface area contributed by atoms with Gasteiger partial charge in [0.25, 0.3) is 11.8 Å². The van der Waals surface area contributed by atoms with Crippen LogP contribution in [0.3, 0.4) is 0 Å². The number of carbonyl (C=O) groups excluding carboxylic acids is 2. The Labute approximate surface area is 159 Å². The second-order valence-electron chi connectivity index (χ2n) is 5.96. The molecule has 130 valence electrons. The molecule has 2 aromatic rings. The second kappa shape index (κ2) is 6.30. The van der Waals surface area contributed by atoms with Gasteiger partial charge in [-0.2, -0.15) is 0 Å². The third-order valence-electron chi connectivity index (χ3n) is 4.29. The van der Waals surface area contributed by atoms with Gasteiger partial charge < -0.3 is 10.2 Å². The van der Waals surface area contributed by atoms with Crippen molar-refractivity contribution in [1.82, 2.24) is 5.32 Å². The first-order valence-electron chi connectivity index (χ1n) is 7.92. The summed E-state index contributed by atoms with van der Waals surface area (Å²) < 4.78 is 0. The van der Waals surface area contributed by atoms with Crippen LogP contribution < -0.4 is 10.2 Å². The molecule has 0 aromatic heterocycles. The summed E-state index contributed by atoms with van der Waals surface area (Å²) in [6, 6.07) is 12.8. The van der Waals surface area contributed by atoms with Crippen LogP contribution in [0.4, 0.5) is 11.4 Å². The first-order valence-corrected chi connectivity index (χ1v) is 9.11. The summed E-state index contributed by atoms with van der Waals surface area (Å²) in [6.07, 6.45) is 0. The van der Waals surface area contributed by atoms with E-state index in [0.29, 0.717) is 26.4 Å². The van der Waals surface area contributed by atoms with E-state index >= 15 is 0 Å². The minimum Gasteiger partial charge on any atom is -0.310 e. The zero-order chi connectivity index (χ0) is 18.4. The van der Waals surface area contributed by atoms with Crippen LogP contribution in [-0.4, -0.2) is 24.0 Å². The molecule has 5 nitrogen and oxygen atoms in total. The zero-order valence-corrected chi connectivity index (χ0v) is 15.6. The minimum atomic E-state index is -0.327. The predicted molar refractivity (Wildman–Crippen MR) is 106 cm³/mol.